The lowest BCUT2D eigenvalue weighted by Gasteiger charge is -2.35. The first-order valence-electron chi connectivity index (χ1n) is 25.9. The number of furan rings is 1. The van der Waals surface area contributed by atoms with Gasteiger partial charge >= 0.3 is 0 Å². The molecule has 2 nitrogen and oxygen atoms in total. The summed E-state index contributed by atoms with van der Waals surface area (Å²) in [5.74, 6) is 0.303. The molecule has 0 amide bonds. The fourth-order valence-corrected chi connectivity index (χ4v) is 11.8. The molecule has 10 aromatic rings. The van der Waals surface area contributed by atoms with Gasteiger partial charge < -0.3 is 9.32 Å². The van der Waals surface area contributed by atoms with Gasteiger partial charge in [-0.05, 0) is 137 Å². The minimum Gasteiger partial charge on any atom is -0.456 e. The Morgan fingerprint density at radius 3 is 1.89 bits per heavy atom. The van der Waals surface area contributed by atoms with E-state index < -0.39 is 0 Å². The molecule has 2 heteroatoms. The number of rotatable bonds is 7. The van der Waals surface area contributed by atoms with Crippen LogP contribution in [0.15, 0.2) is 210 Å². The first kappa shape index (κ1) is 45.5. The van der Waals surface area contributed by atoms with Crippen molar-refractivity contribution in [1.29, 1.82) is 0 Å². The summed E-state index contributed by atoms with van der Waals surface area (Å²) in [6, 6.07) is 70.3. The normalized spacial score (nSPS) is 15.4. The van der Waals surface area contributed by atoms with E-state index in [0.717, 1.165) is 50.9 Å². The topological polar surface area (TPSA) is 16.4 Å². The minimum atomic E-state index is -0.163. The van der Waals surface area contributed by atoms with Gasteiger partial charge in [0, 0.05) is 38.7 Å². The second-order valence-electron chi connectivity index (χ2n) is 23.0. The summed E-state index contributed by atoms with van der Waals surface area (Å²) >= 11 is 0. The van der Waals surface area contributed by atoms with Crippen molar-refractivity contribution in [3.05, 3.63) is 234 Å². The lowest BCUT2D eigenvalue weighted by Crippen LogP contribution is -2.21. The Labute approximate surface area is 426 Å². The number of para-hydroxylation sites is 2. The predicted octanol–water partition coefficient (Wildman–Crippen LogP) is 19.8. The number of hydrogen-bond donors (Lipinski definition) is 0. The van der Waals surface area contributed by atoms with Gasteiger partial charge in [0.2, 0.25) is 0 Å². The van der Waals surface area contributed by atoms with Crippen molar-refractivity contribution >= 4 is 49.7 Å². The Balaban J connectivity index is 1.09. The van der Waals surface area contributed by atoms with Crippen molar-refractivity contribution in [2.45, 2.75) is 85.0 Å². The molecular weight excluding hydrogens is 871 g/mol. The van der Waals surface area contributed by atoms with E-state index in [0.29, 0.717) is 5.92 Å². The number of hydrogen-bond acceptors (Lipinski definition) is 2. The average molecular weight is 934 g/mol. The van der Waals surface area contributed by atoms with E-state index in [-0.39, 0.29) is 16.2 Å². The molecule has 0 aliphatic heterocycles. The van der Waals surface area contributed by atoms with Crippen molar-refractivity contribution in [2.24, 2.45) is 5.92 Å². The van der Waals surface area contributed by atoms with Crippen LogP contribution in [0.2, 0.25) is 0 Å². The van der Waals surface area contributed by atoms with E-state index in [1.165, 1.54) is 83.2 Å². The Kier molecular flexibility index (Phi) is 10.7. The third-order valence-electron chi connectivity index (χ3n) is 15.7. The molecule has 2 aliphatic rings. The summed E-state index contributed by atoms with van der Waals surface area (Å²) in [5.41, 5.74) is 22.8. The molecule has 0 spiro atoms. The van der Waals surface area contributed by atoms with Crippen LogP contribution in [0.3, 0.4) is 0 Å². The Hall–Kier alpha value is -7.68. The molecule has 0 N–H and O–H groups in total. The second-order valence-corrected chi connectivity index (χ2v) is 23.0. The van der Waals surface area contributed by atoms with Crippen LogP contribution in [0.1, 0.15) is 96.6 Å². The minimum absolute atomic E-state index is 0.0156. The first-order valence-corrected chi connectivity index (χ1v) is 25.9. The summed E-state index contributed by atoms with van der Waals surface area (Å²) in [5, 5.41) is 4.77. The fraction of sp³-hybridized carbons (Fsp3) is 0.200. The first-order chi connectivity index (χ1) is 34.6. The van der Waals surface area contributed by atoms with E-state index >= 15 is 0 Å². The van der Waals surface area contributed by atoms with E-state index in [1.54, 1.807) is 0 Å². The van der Waals surface area contributed by atoms with E-state index in [1.807, 2.05) is 6.07 Å². The van der Waals surface area contributed by atoms with Gasteiger partial charge in [0.1, 0.15) is 11.2 Å². The summed E-state index contributed by atoms with van der Waals surface area (Å²) in [7, 11) is 0. The second kappa shape index (κ2) is 17.0. The molecule has 1 aromatic heterocycles. The van der Waals surface area contributed by atoms with Crippen molar-refractivity contribution in [3.63, 3.8) is 0 Å². The maximum Gasteiger partial charge on any atom is 0.136 e. The number of anilines is 2. The van der Waals surface area contributed by atoms with Gasteiger partial charge in [-0.25, -0.2) is 0 Å². The summed E-state index contributed by atoms with van der Waals surface area (Å²) in [6.07, 6.45) is 5.98. The molecule has 0 saturated carbocycles. The highest BCUT2D eigenvalue weighted by atomic mass is 16.3. The maximum atomic E-state index is 6.55. The molecule has 0 fully saturated rings. The zero-order valence-corrected chi connectivity index (χ0v) is 43.2. The van der Waals surface area contributed by atoms with Gasteiger partial charge in [0.15, 0.2) is 0 Å². The third kappa shape index (κ3) is 7.62. The van der Waals surface area contributed by atoms with Crippen molar-refractivity contribution in [3.8, 4) is 44.5 Å². The van der Waals surface area contributed by atoms with E-state index in [2.05, 4.69) is 261 Å². The number of nitrogens with zero attached hydrogens (tertiary/aromatic N) is 1. The molecule has 0 saturated heterocycles. The van der Waals surface area contributed by atoms with Crippen LogP contribution in [0.5, 0.6) is 0 Å². The van der Waals surface area contributed by atoms with Gasteiger partial charge in [0.05, 0.1) is 5.69 Å². The molecule has 2 aliphatic carbocycles. The number of benzene rings is 9. The standard InChI is InChI=1S/C70H63NO/c1-44-34-36-56(59-29-18-21-45-20-17-27-53(66(45)59)48-39-49(68(2,3)4)43-50(40-48)69(5,6)7)63(38-44)71(62-32-14-11-24-52(62)47-35-37-58-57-26-12-15-33-64(57)72-65(58)42-47)51-23-16-22-46(41-51)54-28-19-30-60-55-25-10-13-31-61(55)70(8,9)67(54)60/h10-33,35-44H,34H2,1-9H3. The highest BCUT2D eigenvalue weighted by molar-refractivity contribution is 6.09. The Morgan fingerprint density at radius 1 is 0.500 bits per heavy atom. The highest BCUT2D eigenvalue weighted by Gasteiger charge is 2.37. The molecule has 1 heterocycles. The molecule has 1 unspecified atom stereocenters. The molecule has 12 rings (SSSR count). The molecule has 354 valence electrons. The summed E-state index contributed by atoms with van der Waals surface area (Å²) in [6.45, 7) is 21.1. The molecular formula is C70H63NO. The smallest absolute Gasteiger partial charge is 0.136 e. The van der Waals surface area contributed by atoms with Gasteiger partial charge in [-0.3, -0.25) is 0 Å². The van der Waals surface area contributed by atoms with Crippen molar-refractivity contribution in [2.75, 3.05) is 4.90 Å². The SMILES string of the molecule is CC1C=C(N(c2cccc(-c3cccc4c3C(C)(C)c3ccccc3-4)c2)c2ccccc2-c2ccc3c(c2)oc2ccccc23)C(c2cccc3cccc(-c4cc(C(C)(C)C)cc(C(C)(C)C)c4)c23)=CC1. The molecule has 9 aromatic carbocycles. The van der Waals surface area contributed by atoms with Gasteiger partial charge in [-0.15, -0.1) is 0 Å². The molecule has 1 atom stereocenters. The van der Waals surface area contributed by atoms with Gasteiger partial charge in [0.25, 0.3) is 0 Å². The van der Waals surface area contributed by atoms with Crippen LogP contribution in [0, 0.1) is 5.92 Å². The zero-order valence-electron chi connectivity index (χ0n) is 43.2. The van der Waals surface area contributed by atoms with Crippen LogP contribution in [-0.2, 0) is 16.2 Å². The maximum absolute atomic E-state index is 6.55. The number of fused-ring (bicyclic) bond motifs is 7. The predicted molar refractivity (Wildman–Crippen MR) is 307 cm³/mol. The summed E-state index contributed by atoms with van der Waals surface area (Å²) < 4.78 is 6.55. The van der Waals surface area contributed by atoms with Crippen LogP contribution in [0.25, 0.3) is 82.8 Å². The molecule has 72 heavy (non-hydrogen) atoms. The third-order valence-corrected chi connectivity index (χ3v) is 15.7. The Morgan fingerprint density at radius 2 is 1.11 bits per heavy atom. The highest BCUT2D eigenvalue weighted by Crippen LogP contribution is 2.53. The van der Waals surface area contributed by atoms with Crippen molar-refractivity contribution in [1.82, 2.24) is 0 Å². The number of allylic oxidation sites excluding steroid dienone is 3. The van der Waals surface area contributed by atoms with Crippen molar-refractivity contribution < 1.29 is 4.42 Å². The zero-order chi connectivity index (χ0) is 49.7. The van der Waals surface area contributed by atoms with Crippen LogP contribution in [0.4, 0.5) is 11.4 Å². The average Bonchev–Trinajstić information content (AvgIpc) is 3.87. The van der Waals surface area contributed by atoms with E-state index in [4.69, 9.17) is 4.42 Å². The monoisotopic (exact) mass is 933 g/mol. The lowest BCUT2D eigenvalue weighted by atomic mass is 9.78. The van der Waals surface area contributed by atoms with Gasteiger partial charge in [-0.2, -0.15) is 0 Å². The lowest BCUT2D eigenvalue weighted by molar-refractivity contribution is 0.569. The quantitative estimate of drug-likeness (QED) is 0.158. The van der Waals surface area contributed by atoms with Crippen LogP contribution >= 0.6 is 0 Å². The summed E-state index contributed by atoms with van der Waals surface area (Å²) in [4.78, 5) is 2.56. The molecule has 0 bridgehead atoms. The van der Waals surface area contributed by atoms with E-state index in [9.17, 15) is 0 Å². The molecule has 0 radical (unpaired) electrons. The Bertz CT molecular complexity index is 3820. The fourth-order valence-electron chi connectivity index (χ4n) is 11.8. The van der Waals surface area contributed by atoms with Crippen LogP contribution in [-0.4, -0.2) is 0 Å². The van der Waals surface area contributed by atoms with Crippen LogP contribution < -0.4 is 4.90 Å². The van der Waals surface area contributed by atoms with Gasteiger partial charge in [-0.1, -0.05) is 226 Å². The largest absolute Gasteiger partial charge is 0.456 e.